The summed E-state index contributed by atoms with van der Waals surface area (Å²) in [7, 11) is -3.96. The average molecular weight is 340 g/mol. The highest BCUT2D eigenvalue weighted by Gasteiger charge is 2.30. The summed E-state index contributed by atoms with van der Waals surface area (Å²) in [5.74, 6) is -0.626. The molecule has 1 aromatic carbocycles. The molecule has 0 fully saturated rings. The highest BCUT2D eigenvalue weighted by molar-refractivity contribution is 7.89. The summed E-state index contributed by atoms with van der Waals surface area (Å²) in [6.07, 6.45) is -0.160. The lowest BCUT2D eigenvalue weighted by atomic mass is 10.0. The lowest BCUT2D eigenvalue weighted by molar-refractivity contribution is -0.119. The number of carbonyl (C=O) groups is 1. The van der Waals surface area contributed by atoms with Gasteiger partial charge in [0, 0.05) is 12.0 Å². The number of halogens is 2. The Kier molecular flexibility index (Phi) is 4.91. The second-order valence-corrected chi connectivity index (χ2v) is 7.34. The van der Waals surface area contributed by atoms with Crippen LogP contribution in [-0.4, -0.2) is 19.9 Å². The van der Waals surface area contributed by atoms with Crippen LogP contribution in [0.15, 0.2) is 17.0 Å². The molecule has 6 nitrogen and oxygen atoms in total. The van der Waals surface area contributed by atoms with Crippen molar-refractivity contribution in [2.24, 2.45) is 5.73 Å². The van der Waals surface area contributed by atoms with Gasteiger partial charge in [0.2, 0.25) is 15.9 Å². The van der Waals surface area contributed by atoms with E-state index in [9.17, 15) is 13.2 Å². The summed E-state index contributed by atoms with van der Waals surface area (Å²) in [5, 5.41) is -0.00905. The van der Waals surface area contributed by atoms with Gasteiger partial charge in [0.25, 0.3) is 0 Å². The van der Waals surface area contributed by atoms with Crippen LogP contribution in [0.4, 0.5) is 5.69 Å². The van der Waals surface area contributed by atoms with Crippen molar-refractivity contribution in [1.82, 2.24) is 4.72 Å². The first-order chi connectivity index (χ1) is 8.96. The van der Waals surface area contributed by atoms with Crippen LogP contribution in [0.25, 0.3) is 0 Å². The number of benzene rings is 1. The molecule has 0 bridgehead atoms. The Bertz CT molecular complexity index is 645. The number of nitrogens with two attached hydrogens (primary N) is 2. The average Bonchev–Trinajstić information content (AvgIpc) is 2.21. The quantitative estimate of drug-likeness (QED) is 0.705. The Morgan fingerprint density at radius 2 is 1.90 bits per heavy atom. The molecule has 1 aromatic rings. The topological polar surface area (TPSA) is 115 Å². The van der Waals surface area contributed by atoms with Crippen LogP contribution in [0.1, 0.15) is 20.3 Å². The third kappa shape index (κ3) is 3.99. The van der Waals surface area contributed by atoms with E-state index in [2.05, 4.69) is 4.72 Å². The normalized spacial score (nSPS) is 12.4. The fourth-order valence-corrected chi connectivity index (χ4v) is 3.83. The van der Waals surface area contributed by atoms with Gasteiger partial charge in [-0.1, -0.05) is 23.2 Å². The summed E-state index contributed by atoms with van der Waals surface area (Å²) in [6.45, 7) is 3.06. The van der Waals surface area contributed by atoms with Gasteiger partial charge in [-0.3, -0.25) is 4.79 Å². The Morgan fingerprint density at radius 3 is 2.40 bits per heavy atom. The second-order valence-electron chi connectivity index (χ2n) is 4.91. The molecule has 20 heavy (non-hydrogen) atoms. The molecule has 0 aliphatic rings. The van der Waals surface area contributed by atoms with E-state index in [1.807, 2.05) is 0 Å². The van der Waals surface area contributed by atoms with Gasteiger partial charge in [-0.25, -0.2) is 13.1 Å². The zero-order chi connectivity index (χ0) is 15.7. The Labute approximate surface area is 127 Å². The van der Waals surface area contributed by atoms with Gasteiger partial charge in [0.15, 0.2) is 0 Å². The van der Waals surface area contributed by atoms with E-state index in [0.717, 1.165) is 0 Å². The molecule has 0 saturated heterocycles. The summed E-state index contributed by atoms with van der Waals surface area (Å²) in [5.41, 5.74) is 9.59. The van der Waals surface area contributed by atoms with Crippen LogP contribution in [0.2, 0.25) is 10.0 Å². The van der Waals surface area contributed by atoms with Crippen molar-refractivity contribution in [2.45, 2.75) is 30.7 Å². The Hall–Kier alpha value is -1.02. The van der Waals surface area contributed by atoms with Crippen molar-refractivity contribution in [3.63, 3.8) is 0 Å². The first kappa shape index (κ1) is 17.0. The smallest absolute Gasteiger partial charge is 0.242 e. The van der Waals surface area contributed by atoms with Crippen molar-refractivity contribution in [3.05, 3.63) is 22.2 Å². The van der Waals surface area contributed by atoms with Gasteiger partial charge in [-0.2, -0.15) is 0 Å². The zero-order valence-corrected chi connectivity index (χ0v) is 13.2. The molecule has 0 unspecified atom stereocenters. The minimum atomic E-state index is -3.96. The molecule has 0 radical (unpaired) electrons. The molecule has 1 rings (SSSR count). The molecule has 0 saturated carbocycles. The summed E-state index contributed by atoms with van der Waals surface area (Å²) in [6, 6.07) is 2.57. The van der Waals surface area contributed by atoms with E-state index in [4.69, 9.17) is 34.7 Å². The van der Waals surface area contributed by atoms with Crippen molar-refractivity contribution < 1.29 is 13.2 Å². The number of carbonyl (C=O) groups excluding carboxylic acids is 1. The minimum Gasteiger partial charge on any atom is -0.396 e. The zero-order valence-electron chi connectivity index (χ0n) is 10.9. The summed E-state index contributed by atoms with van der Waals surface area (Å²) >= 11 is 11.6. The number of nitrogens with one attached hydrogen (secondary N) is 1. The molecule has 0 spiro atoms. The first-order valence-electron chi connectivity index (χ1n) is 5.52. The number of primary amides is 1. The highest BCUT2D eigenvalue weighted by Crippen LogP contribution is 2.33. The van der Waals surface area contributed by atoms with E-state index in [0.29, 0.717) is 0 Å². The largest absolute Gasteiger partial charge is 0.396 e. The maximum atomic E-state index is 12.3. The Morgan fingerprint density at radius 1 is 1.35 bits per heavy atom. The molecule has 0 aliphatic carbocycles. The lowest BCUT2D eigenvalue weighted by Crippen LogP contribution is -2.45. The predicted molar refractivity (Wildman–Crippen MR) is 79.1 cm³/mol. The van der Waals surface area contributed by atoms with E-state index in [1.165, 1.54) is 26.0 Å². The van der Waals surface area contributed by atoms with E-state index in [-0.39, 0.29) is 27.0 Å². The maximum absolute atomic E-state index is 12.3. The lowest BCUT2D eigenvalue weighted by Gasteiger charge is -2.24. The van der Waals surface area contributed by atoms with Crippen LogP contribution in [0.5, 0.6) is 0 Å². The van der Waals surface area contributed by atoms with Crippen LogP contribution in [-0.2, 0) is 14.8 Å². The van der Waals surface area contributed by atoms with Gasteiger partial charge in [-0.05, 0) is 26.0 Å². The number of anilines is 1. The summed E-state index contributed by atoms with van der Waals surface area (Å²) < 4.78 is 26.9. The molecule has 0 atom stereocenters. The fourth-order valence-electron chi connectivity index (χ4n) is 1.65. The number of hydrogen-bond acceptors (Lipinski definition) is 4. The van der Waals surface area contributed by atoms with Gasteiger partial charge >= 0.3 is 0 Å². The number of sulfonamides is 1. The van der Waals surface area contributed by atoms with Crippen molar-refractivity contribution in [3.8, 4) is 0 Å². The van der Waals surface area contributed by atoms with E-state index >= 15 is 0 Å². The number of rotatable bonds is 5. The maximum Gasteiger partial charge on any atom is 0.242 e. The molecule has 0 aromatic heterocycles. The van der Waals surface area contributed by atoms with Crippen LogP contribution < -0.4 is 16.2 Å². The van der Waals surface area contributed by atoms with Crippen LogP contribution >= 0.6 is 23.2 Å². The minimum absolute atomic E-state index is 0.0242. The van der Waals surface area contributed by atoms with Crippen molar-refractivity contribution in [2.75, 3.05) is 5.73 Å². The molecule has 5 N–H and O–H groups in total. The van der Waals surface area contributed by atoms with Gasteiger partial charge < -0.3 is 11.5 Å². The van der Waals surface area contributed by atoms with Gasteiger partial charge in [-0.15, -0.1) is 0 Å². The first-order valence-corrected chi connectivity index (χ1v) is 7.76. The predicted octanol–water partition coefficient (Wildman–Crippen LogP) is 1.51. The van der Waals surface area contributed by atoms with Gasteiger partial charge in [0.05, 0.1) is 15.7 Å². The third-order valence-electron chi connectivity index (χ3n) is 2.41. The van der Waals surface area contributed by atoms with E-state index in [1.54, 1.807) is 0 Å². The summed E-state index contributed by atoms with van der Waals surface area (Å²) in [4.78, 5) is 10.7. The van der Waals surface area contributed by atoms with Gasteiger partial charge in [0.1, 0.15) is 4.90 Å². The van der Waals surface area contributed by atoms with Crippen molar-refractivity contribution in [1.29, 1.82) is 0 Å². The SMILES string of the molecule is CC(C)(CC(N)=O)NS(=O)(=O)c1ccc(Cl)c(N)c1Cl. The molecule has 112 valence electrons. The monoisotopic (exact) mass is 339 g/mol. The molecule has 9 heteroatoms. The standard InChI is InChI=1S/C11H15Cl2N3O3S/c1-11(2,5-8(14)17)16-20(18,19)7-4-3-6(12)10(15)9(7)13/h3-4,16H,5,15H2,1-2H3,(H2,14,17). The second kappa shape index (κ2) is 5.77. The Balaban J connectivity index is 3.19. The molecular weight excluding hydrogens is 325 g/mol. The van der Waals surface area contributed by atoms with Crippen LogP contribution in [0.3, 0.4) is 0 Å². The fraction of sp³-hybridized carbons (Fsp3) is 0.364. The highest BCUT2D eigenvalue weighted by atomic mass is 35.5. The third-order valence-corrected chi connectivity index (χ3v) is 5.00. The number of nitrogen functional groups attached to an aromatic ring is 1. The van der Waals surface area contributed by atoms with E-state index < -0.39 is 21.5 Å². The molecule has 0 aliphatic heterocycles. The number of amides is 1. The number of hydrogen-bond donors (Lipinski definition) is 3. The van der Waals surface area contributed by atoms with Crippen LogP contribution in [0, 0.1) is 0 Å². The molecular formula is C11H15Cl2N3O3S. The molecule has 0 heterocycles. The van der Waals surface area contributed by atoms with Crippen molar-refractivity contribution >= 4 is 44.8 Å². The molecule has 1 amide bonds.